The summed E-state index contributed by atoms with van der Waals surface area (Å²) in [6.07, 6.45) is -3.42. The molecule has 1 fully saturated rings. The van der Waals surface area contributed by atoms with Gasteiger partial charge in [0, 0.05) is 12.8 Å². The molecule has 0 spiro atoms. The van der Waals surface area contributed by atoms with Crippen molar-refractivity contribution >= 4 is 6.98 Å². The van der Waals surface area contributed by atoms with Crippen molar-refractivity contribution in [3.8, 4) is 0 Å². The molecule has 0 aliphatic carbocycles. The lowest BCUT2D eigenvalue weighted by Gasteiger charge is -2.29. The molecule has 22 heavy (non-hydrogen) atoms. The number of ether oxygens (including phenoxy) is 1. The molecule has 0 aromatic rings. The Kier molecular flexibility index (Phi) is 7.14. The van der Waals surface area contributed by atoms with Crippen molar-refractivity contribution in [1.82, 2.24) is 0 Å². The van der Waals surface area contributed by atoms with Gasteiger partial charge in [-0.2, -0.15) is 13.2 Å². The Morgan fingerprint density at radius 2 is 1.41 bits per heavy atom. The molecule has 11 heteroatoms. The van der Waals surface area contributed by atoms with Gasteiger partial charge in [0.05, 0.1) is 26.2 Å². The normalized spacial score (nSPS) is 19.1. The molecule has 0 atom stereocenters. The Morgan fingerprint density at radius 1 is 1.00 bits per heavy atom. The van der Waals surface area contributed by atoms with Gasteiger partial charge in [-0.3, -0.25) is 0 Å². The molecule has 134 valence electrons. The van der Waals surface area contributed by atoms with Crippen LogP contribution in [0.15, 0.2) is 0 Å². The summed E-state index contributed by atoms with van der Waals surface area (Å²) >= 11 is 0. The van der Waals surface area contributed by atoms with Crippen molar-refractivity contribution in [3.63, 3.8) is 0 Å². The summed E-state index contributed by atoms with van der Waals surface area (Å²) in [6, 6.07) is 0. The molecule has 1 saturated heterocycles. The lowest BCUT2D eigenvalue weighted by Crippen LogP contribution is -2.53. The molecule has 0 radical (unpaired) electrons. The quantitative estimate of drug-likeness (QED) is 0.422. The van der Waals surface area contributed by atoms with Crippen molar-refractivity contribution in [2.24, 2.45) is 0 Å². The van der Waals surface area contributed by atoms with E-state index in [0.717, 1.165) is 11.2 Å². The average molecular weight is 345 g/mol. The summed E-state index contributed by atoms with van der Waals surface area (Å²) < 4.78 is 94.5. The summed E-state index contributed by atoms with van der Waals surface area (Å²) in [5.74, 6) is -6.56. The van der Waals surface area contributed by atoms with Crippen LogP contribution in [0.2, 0.25) is 0 Å². The highest BCUT2D eigenvalue weighted by molar-refractivity contribution is 6.61. The van der Waals surface area contributed by atoms with Gasteiger partial charge in [-0.15, -0.1) is 0 Å². The van der Waals surface area contributed by atoms with Gasteiger partial charge in [0.15, 0.2) is 6.73 Å². The Labute approximate surface area is 124 Å². The van der Waals surface area contributed by atoms with E-state index in [1.165, 1.54) is 25.9 Å². The van der Waals surface area contributed by atoms with E-state index in [-0.39, 0.29) is 0 Å². The number of likely N-dealkylation sites (tertiary alicyclic amines) is 1. The maximum Gasteiger partial charge on any atom is 0.558 e. The zero-order valence-electron chi connectivity index (χ0n) is 12.6. The van der Waals surface area contributed by atoms with Gasteiger partial charge in [-0.1, -0.05) is 0 Å². The van der Waals surface area contributed by atoms with Gasteiger partial charge >= 0.3 is 19.0 Å². The van der Waals surface area contributed by atoms with Crippen molar-refractivity contribution in [3.05, 3.63) is 0 Å². The van der Waals surface area contributed by atoms with Crippen LogP contribution in [-0.2, 0) is 4.74 Å². The summed E-state index contributed by atoms with van der Waals surface area (Å²) in [4.78, 5) is 0. The van der Waals surface area contributed by atoms with E-state index in [0.29, 0.717) is 6.10 Å². The molecule has 1 aliphatic rings. The minimum atomic E-state index is -7.21. The molecule has 0 aromatic heterocycles. The molecule has 0 aromatic carbocycles. The molecule has 2 nitrogen and oxygen atoms in total. The number of quaternary nitrogens is 1. The van der Waals surface area contributed by atoms with E-state index in [1.807, 2.05) is 0 Å². The fourth-order valence-corrected chi connectivity index (χ4v) is 1.74. The van der Waals surface area contributed by atoms with E-state index in [9.17, 15) is 34.9 Å². The Morgan fingerprint density at radius 3 is 1.64 bits per heavy atom. The van der Waals surface area contributed by atoms with Gasteiger partial charge < -0.3 is 22.2 Å². The first-order valence-electron chi connectivity index (χ1n) is 6.71. The van der Waals surface area contributed by atoms with E-state index < -0.39 is 19.0 Å². The van der Waals surface area contributed by atoms with Crippen LogP contribution in [0, 0.1) is 0 Å². The smallest absolute Gasteiger partial charge is 0.445 e. The number of nitrogens with zero attached hydrogens (tertiary/aromatic N) is 1. The van der Waals surface area contributed by atoms with Crippen LogP contribution in [0.25, 0.3) is 0 Å². The zero-order chi connectivity index (χ0) is 17.8. The summed E-state index contributed by atoms with van der Waals surface area (Å²) in [5.41, 5.74) is 0. The highest BCUT2D eigenvalue weighted by atomic mass is 19.4. The predicted octanol–water partition coefficient (Wildman–Crippen LogP) is 4.18. The molecule has 1 heterocycles. The lowest BCUT2D eigenvalue weighted by molar-refractivity contribution is -0.917. The topological polar surface area (TPSA) is 9.23 Å². The van der Waals surface area contributed by atoms with Crippen LogP contribution in [0.3, 0.4) is 0 Å². The molecular weight excluding hydrogens is 325 g/mol. The molecule has 0 N–H and O–H groups in total. The van der Waals surface area contributed by atoms with E-state index in [2.05, 4.69) is 20.9 Å². The maximum absolute atomic E-state index is 11.2. The van der Waals surface area contributed by atoms with E-state index in [1.54, 1.807) is 0 Å². The van der Waals surface area contributed by atoms with Crippen molar-refractivity contribution in [2.75, 3.05) is 26.9 Å². The Bertz CT molecular complexity index is 320. The summed E-state index contributed by atoms with van der Waals surface area (Å²) in [5, 5.41) is 0. The van der Waals surface area contributed by atoms with Crippen LogP contribution in [0.5, 0.6) is 0 Å². The molecule has 0 amide bonds. The first-order chi connectivity index (χ1) is 9.62. The van der Waals surface area contributed by atoms with Crippen molar-refractivity contribution in [1.29, 1.82) is 0 Å². The average Bonchev–Trinajstić information content (AvgIpc) is 2.72. The maximum atomic E-state index is 11.2. The minimum Gasteiger partial charge on any atom is -0.445 e. The van der Waals surface area contributed by atoms with Gasteiger partial charge in [0.25, 0.3) is 0 Å². The molecule has 0 bridgehead atoms. The first kappa shape index (κ1) is 21.4. The van der Waals surface area contributed by atoms with Gasteiger partial charge in [-0.05, 0) is 13.8 Å². The second-order valence-electron chi connectivity index (χ2n) is 5.81. The molecule has 0 saturated carbocycles. The van der Waals surface area contributed by atoms with Crippen LogP contribution in [0.4, 0.5) is 34.9 Å². The highest BCUT2D eigenvalue weighted by Gasteiger charge is 2.69. The third-order valence-electron chi connectivity index (χ3n) is 3.15. The van der Waals surface area contributed by atoms with Crippen LogP contribution in [0.1, 0.15) is 26.7 Å². The SMILES string of the molecule is CC(C)OC[N+]1(C)CCCC1.F[B-](F)(F)C(F)(F)C(F)(F)F. The number of halogens is 8. The molecule has 0 unspecified atom stereocenters. The number of alkyl halides is 5. The van der Waals surface area contributed by atoms with E-state index >= 15 is 0 Å². The zero-order valence-corrected chi connectivity index (χ0v) is 12.6. The Balaban J connectivity index is 0.000000401. The Hall–Kier alpha value is -0.575. The van der Waals surface area contributed by atoms with Crippen LogP contribution < -0.4 is 0 Å². The largest absolute Gasteiger partial charge is 0.558 e. The van der Waals surface area contributed by atoms with Gasteiger partial charge in [0.2, 0.25) is 0 Å². The van der Waals surface area contributed by atoms with Gasteiger partial charge in [-0.25, -0.2) is 8.78 Å². The second kappa shape index (κ2) is 7.33. The summed E-state index contributed by atoms with van der Waals surface area (Å²) in [7, 11) is 2.29. The van der Waals surface area contributed by atoms with Gasteiger partial charge in [0.1, 0.15) is 0 Å². The number of hydrogen-bond acceptors (Lipinski definition) is 1. The molecule has 1 rings (SSSR count). The minimum absolute atomic E-state index is 0.380. The number of hydrogen-bond donors (Lipinski definition) is 0. The van der Waals surface area contributed by atoms with Crippen molar-refractivity contribution in [2.45, 2.75) is 44.8 Å². The fraction of sp³-hybridized carbons (Fsp3) is 1.00. The first-order valence-corrected chi connectivity index (χ1v) is 6.71. The van der Waals surface area contributed by atoms with Crippen LogP contribution in [-0.4, -0.2) is 56.4 Å². The summed E-state index contributed by atoms with van der Waals surface area (Å²) in [6.45, 7) is 0.488. The van der Waals surface area contributed by atoms with Crippen LogP contribution >= 0.6 is 0 Å². The predicted molar refractivity (Wildman–Crippen MR) is 66.3 cm³/mol. The molecular formula is C11H20BF8NO. The lowest BCUT2D eigenvalue weighted by atomic mass is 9.80. The third-order valence-corrected chi connectivity index (χ3v) is 3.15. The fourth-order valence-electron chi connectivity index (χ4n) is 1.74. The second-order valence-corrected chi connectivity index (χ2v) is 5.81. The standard InChI is InChI=1S/C9H20NO.C2BF8/c1-9(2)11-8-10(3)6-4-5-7-10;4-1(5,2(6,7)8)3(9,10)11/h9H,4-8H2,1-3H3;/q+1;-1. The number of rotatable bonds is 4. The van der Waals surface area contributed by atoms with Crippen molar-refractivity contribution < 1.29 is 44.1 Å². The monoisotopic (exact) mass is 345 g/mol. The van der Waals surface area contributed by atoms with E-state index in [4.69, 9.17) is 4.74 Å². The highest BCUT2D eigenvalue weighted by Crippen LogP contribution is 2.43. The third kappa shape index (κ3) is 6.27. The molecule has 1 aliphatic heterocycles.